The van der Waals surface area contributed by atoms with Gasteiger partial charge in [-0.2, -0.15) is 0 Å². The summed E-state index contributed by atoms with van der Waals surface area (Å²) in [6.45, 7) is 3.86. The molecule has 0 aromatic heterocycles. The van der Waals surface area contributed by atoms with Crippen molar-refractivity contribution < 1.29 is 18.5 Å². The summed E-state index contributed by atoms with van der Waals surface area (Å²) in [7, 11) is -4.22. The Morgan fingerprint density at radius 2 is 1.93 bits per heavy atom. The molecular formula is C10H14O4P-. The van der Waals surface area contributed by atoms with E-state index in [2.05, 4.69) is 4.52 Å². The van der Waals surface area contributed by atoms with Crippen molar-refractivity contribution in [2.24, 2.45) is 5.92 Å². The van der Waals surface area contributed by atoms with Crippen LogP contribution in [0.1, 0.15) is 13.8 Å². The maximum atomic E-state index is 11.3. The molecule has 0 N–H and O–H groups in total. The molecule has 5 heteroatoms. The minimum atomic E-state index is -4.22. The largest absolute Gasteiger partial charge is 0.746 e. The van der Waals surface area contributed by atoms with Crippen LogP contribution in [-0.4, -0.2) is 6.61 Å². The van der Waals surface area contributed by atoms with E-state index < -0.39 is 7.82 Å². The average molecular weight is 229 g/mol. The van der Waals surface area contributed by atoms with Crippen molar-refractivity contribution in [1.29, 1.82) is 0 Å². The van der Waals surface area contributed by atoms with Crippen LogP contribution in [0.25, 0.3) is 0 Å². The first-order valence-corrected chi connectivity index (χ1v) is 6.16. The predicted octanol–water partition coefficient (Wildman–Crippen LogP) is 2.21. The number of phosphoric ester groups is 1. The lowest BCUT2D eigenvalue weighted by atomic mass is 10.2. The van der Waals surface area contributed by atoms with Crippen LogP contribution in [0.5, 0.6) is 5.75 Å². The Hall–Kier alpha value is -0.830. The fraction of sp³-hybridized carbons (Fsp3) is 0.400. The fourth-order valence-corrected chi connectivity index (χ4v) is 1.79. The quantitative estimate of drug-likeness (QED) is 0.726. The molecule has 0 heterocycles. The highest BCUT2D eigenvalue weighted by atomic mass is 31.2. The third kappa shape index (κ3) is 4.98. The van der Waals surface area contributed by atoms with E-state index in [0.29, 0.717) is 0 Å². The number of phosphoric acid groups is 1. The molecule has 0 aliphatic heterocycles. The lowest BCUT2D eigenvalue weighted by Gasteiger charge is -2.23. The van der Waals surface area contributed by atoms with Gasteiger partial charge in [-0.1, -0.05) is 32.0 Å². The van der Waals surface area contributed by atoms with Gasteiger partial charge in [0.2, 0.25) is 0 Å². The van der Waals surface area contributed by atoms with Gasteiger partial charge in [0.25, 0.3) is 0 Å². The van der Waals surface area contributed by atoms with Crippen LogP contribution < -0.4 is 9.42 Å². The van der Waals surface area contributed by atoms with Gasteiger partial charge in [-0.15, -0.1) is 0 Å². The molecular weight excluding hydrogens is 215 g/mol. The van der Waals surface area contributed by atoms with Gasteiger partial charge >= 0.3 is 7.82 Å². The molecule has 1 rings (SSSR count). The number of para-hydroxylation sites is 1. The second kappa shape index (κ2) is 5.31. The minimum Gasteiger partial charge on any atom is -0.746 e. The van der Waals surface area contributed by atoms with Gasteiger partial charge in [0, 0.05) is 0 Å². The van der Waals surface area contributed by atoms with E-state index in [-0.39, 0.29) is 18.3 Å². The molecule has 0 aliphatic carbocycles. The number of benzene rings is 1. The van der Waals surface area contributed by atoms with E-state index in [4.69, 9.17) is 4.52 Å². The van der Waals surface area contributed by atoms with Gasteiger partial charge in [0.15, 0.2) is 0 Å². The molecule has 84 valence electrons. The third-order valence-corrected chi connectivity index (χ3v) is 2.43. The second-order valence-corrected chi connectivity index (χ2v) is 4.88. The first-order chi connectivity index (χ1) is 6.99. The Bertz CT molecular complexity index is 337. The van der Waals surface area contributed by atoms with Crippen molar-refractivity contribution in [3.8, 4) is 5.75 Å². The van der Waals surface area contributed by atoms with Crippen LogP contribution in [0, 0.1) is 5.92 Å². The third-order valence-electron chi connectivity index (χ3n) is 1.53. The molecule has 0 amide bonds. The van der Waals surface area contributed by atoms with E-state index in [1.807, 2.05) is 13.8 Å². The summed E-state index contributed by atoms with van der Waals surface area (Å²) in [6, 6.07) is 8.28. The van der Waals surface area contributed by atoms with Gasteiger partial charge in [-0.05, 0) is 18.1 Å². The average Bonchev–Trinajstić information content (AvgIpc) is 2.16. The summed E-state index contributed by atoms with van der Waals surface area (Å²) in [6.07, 6.45) is 0. The Kier molecular flexibility index (Phi) is 4.33. The monoisotopic (exact) mass is 229 g/mol. The lowest BCUT2D eigenvalue weighted by molar-refractivity contribution is -0.217. The SMILES string of the molecule is CC(C)COP(=O)([O-])Oc1ccccc1. The molecule has 1 atom stereocenters. The maximum absolute atomic E-state index is 11.3. The van der Waals surface area contributed by atoms with E-state index in [9.17, 15) is 9.46 Å². The Morgan fingerprint density at radius 1 is 1.33 bits per heavy atom. The van der Waals surface area contributed by atoms with Crippen molar-refractivity contribution in [3.63, 3.8) is 0 Å². The summed E-state index contributed by atoms with van der Waals surface area (Å²) in [5.41, 5.74) is 0. The van der Waals surface area contributed by atoms with Crippen molar-refractivity contribution in [1.82, 2.24) is 0 Å². The molecule has 1 aromatic rings. The fourth-order valence-electron chi connectivity index (χ4n) is 0.877. The van der Waals surface area contributed by atoms with Crippen LogP contribution in [0.15, 0.2) is 30.3 Å². The summed E-state index contributed by atoms with van der Waals surface area (Å²) >= 11 is 0. The molecule has 0 saturated heterocycles. The summed E-state index contributed by atoms with van der Waals surface area (Å²) in [5, 5.41) is 0. The van der Waals surface area contributed by atoms with Crippen LogP contribution in [0.2, 0.25) is 0 Å². The zero-order valence-electron chi connectivity index (χ0n) is 8.75. The highest BCUT2D eigenvalue weighted by Gasteiger charge is 2.11. The van der Waals surface area contributed by atoms with Gasteiger partial charge < -0.3 is 13.9 Å². The maximum Gasteiger partial charge on any atom is 0.319 e. The molecule has 0 saturated carbocycles. The smallest absolute Gasteiger partial charge is 0.319 e. The van der Waals surface area contributed by atoms with Crippen molar-refractivity contribution >= 4 is 7.82 Å². The van der Waals surface area contributed by atoms with Crippen molar-refractivity contribution in [3.05, 3.63) is 30.3 Å². The lowest BCUT2D eigenvalue weighted by Crippen LogP contribution is -2.13. The zero-order chi connectivity index (χ0) is 11.3. The van der Waals surface area contributed by atoms with Crippen molar-refractivity contribution in [2.45, 2.75) is 13.8 Å². The summed E-state index contributed by atoms with van der Waals surface area (Å²) in [5.74, 6) is 0.409. The van der Waals surface area contributed by atoms with Crippen LogP contribution >= 0.6 is 7.82 Å². The molecule has 0 spiro atoms. The first-order valence-electron chi connectivity index (χ1n) is 4.70. The molecule has 15 heavy (non-hydrogen) atoms. The minimum absolute atomic E-state index is 0.133. The van der Waals surface area contributed by atoms with Crippen LogP contribution in [0.3, 0.4) is 0 Å². The van der Waals surface area contributed by atoms with E-state index in [1.165, 1.54) is 0 Å². The highest BCUT2D eigenvalue weighted by Crippen LogP contribution is 2.39. The summed E-state index contributed by atoms with van der Waals surface area (Å²) in [4.78, 5) is 11.3. The van der Waals surface area contributed by atoms with E-state index in [1.54, 1.807) is 30.3 Å². The molecule has 1 unspecified atom stereocenters. The van der Waals surface area contributed by atoms with Gasteiger partial charge in [-0.25, -0.2) is 0 Å². The van der Waals surface area contributed by atoms with Crippen molar-refractivity contribution in [2.75, 3.05) is 6.61 Å². The molecule has 0 bridgehead atoms. The zero-order valence-corrected chi connectivity index (χ0v) is 9.65. The highest BCUT2D eigenvalue weighted by molar-refractivity contribution is 7.46. The molecule has 0 aliphatic rings. The van der Waals surface area contributed by atoms with Gasteiger partial charge in [0.05, 0.1) is 6.61 Å². The topological polar surface area (TPSA) is 58.6 Å². The second-order valence-electron chi connectivity index (χ2n) is 3.54. The van der Waals surface area contributed by atoms with Crippen LogP contribution in [0.4, 0.5) is 0 Å². The Balaban J connectivity index is 2.53. The predicted molar refractivity (Wildman–Crippen MR) is 55.5 cm³/mol. The number of rotatable bonds is 5. The molecule has 0 radical (unpaired) electrons. The first kappa shape index (κ1) is 12.2. The molecule has 0 fully saturated rings. The standard InChI is InChI=1S/C10H15O4P/c1-9(2)8-13-15(11,12)14-10-6-4-3-5-7-10/h3-7,9H,8H2,1-2H3,(H,11,12)/p-1. The Labute approximate surface area is 89.5 Å². The molecule has 1 aromatic carbocycles. The van der Waals surface area contributed by atoms with E-state index >= 15 is 0 Å². The van der Waals surface area contributed by atoms with Crippen LogP contribution in [-0.2, 0) is 9.09 Å². The number of hydrogen-bond donors (Lipinski definition) is 0. The molecule has 4 nitrogen and oxygen atoms in total. The normalized spacial score (nSPS) is 14.9. The summed E-state index contributed by atoms with van der Waals surface area (Å²) < 4.78 is 20.7. The Morgan fingerprint density at radius 3 is 2.47 bits per heavy atom. The number of hydrogen-bond acceptors (Lipinski definition) is 4. The van der Waals surface area contributed by atoms with Gasteiger partial charge in [-0.3, -0.25) is 4.57 Å². The van der Waals surface area contributed by atoms with E-state index in [0.717, 1.165) is 0 Å². The van der Waals surface area contributed by atoms with Gasteiger partial charge in [0.1, 0.15) is 5.75 Å².